The van der Waals surface area contributed by atoms with E-state index in [2.05, 4.69) is 92.8 Å². The molecule has 0 radical (unpaired) electrons. The number of esters is 2. The molecule has 0 spiro atoms. The second-order valence-corrected chi connectivity index (χ2v) is 10.9. The molecule has 2 rings (SSSR count). The van der Waals surface area contributed by atoms with Gasteiger partial charge in [0.2, 0.25) is 0 Å². The van der Waals surface area contributed by atoms with Gasteiger partial charge in [-0.3, -0.25) is 0 Å². The molecule has 0 unspecified atom stereocenters. The smallest absolute Gasteiger partial charge is 0.335 e. The van der Waals surface area contributed by atoms with Crippen molar-refractivity contribution in [3.05, 3.63) is 83.0 Å². The Morgan fingerprint density at radius 3 is 1.31 bits per heavy atom. The summed E-state index contributed by atoms with van der Waals surface area (Å²) in [6.07, 6.45) is 4.47. The first-order chi connectivity index (χ1) is 16.2. The van der Waals surface area contributed by atoms with Crippen LogP contribution < -0.4 is 9.47 Å². The highest BCUT2D eigenvalue weighted by molar-refractivity contribution is 5.85. The number of carbonyl (C=O) groups is 2. The molecule has 0 amide bonds. The van der Waals surface area contributed by atoms with E-state index in [1.807, 2.05) is 0 Å². The minimum absolute atomic E-state index is 0.253. The third-order valence-electron chi connectivity index (χ3n) is 6.00. The zero-order chi connectivity index (χ0) is 26.6. The first-order valence-electron chi connectivity index (χ1n) is 12.3. The van der Waals surface area contributed by atoms with Crippen molar-refractivity contribution in [2.24, 2.45) is 0 Å². The lowest BCUT2D eigenvalue weighted by Gasteiger charge is -2.27. The zero-order valence-corrected chi connectivity index (χ0v) is 22.6. The predicted octanol–water partition coefficient (Wildman–Crippen LogP) is 7.18. The lowest BCUT2D eigenvalue weighted by atomic mass is 9.81. The van der Waals surface area contributed by atoms with Crippen LogP contribution in [-0.2, 0) is 39.7 Å². The Balaban J connectivity index is 2.88. The van der Waals surface area contributed by atoms with Gasteiger partial charge in [0.25, 0.3) is 0 Å². The maximum absolute atomic E-state index is 12.3. The number of hydrogen-bond donors (Lipinski definition) is 0. The molecule has 0 atom stereocenters. The maximum Gasteiger partial charge on any atom is 0.335 e. The van der Waals surface area contributed by atoms with Crippen LogP contribution >= 0.6 is 0 Å². The van der Waals surface area contributed by atoms with Gasteiger partial charge in [0.15, 0.2) is 0 Å². The lowest BCUT2D eigenvalue weighted by Crippen LogP contribution is -2.19. The second kappa shape index (κ2) is 11.1. The fourth-order valence-electron chi connectivity index (χ4n) is 4.03. The van der Waals surface area contributed by atoms with Crippen molar-refractivity contribution >= 4 is 11.9 Å². The van der Waals surface area contributed by atoms with Gasteiger partial charge in [-0.15, -0.1) is 0 Å². The number of benzene rings is 2. The van der Waals surface area contributed by atoms with Crippen molar-refractivity contribution in [3.8, 4) is 11.5 Å². The van der Waals surface area contributed by atoms with E-state index in [4.69, 9.17) is 9.47 Å². The van der Waals surface area contributed by atoms with Crippen LogP contribution in [0.1, 0.15) is 88.8 Å². The molecule has 0 heterocycles. The van der Waals surface area contributed by atoms with Crippen LogP contribution in [0, 0.1) is 0 Å². The summed E-state index contributed by atoms with van der Waals surface area (Å²) in [7, 11) is 0. The normalized spacial score (nSPS) is 11.7. The molecular weight excluding hydrogens is 436 g/mol. The second-order valence-electron chi connectivity index (χ2n) is 10.9. The molecule has 0 N–H and O–H groups in total. The summed E-state index contributed by atoms with van der Waals surface area (Å²) in [4.78, 5) is 24.7. The van der Waals surface area contributed by atoms with Gasteiger partial charge in [-0.2, -0.15) is 0 Å². The van der Waals surface area contributed by atoms with Crippen LogP contribution in [0.4, 0.5) is 0 Å². The summed E-state index contributed by atoms with van der Waals surface area (Å²) in [6.45, 7) is 24.0. The van der Waals surface area contributed by atoms with E-state index in [0.29, 0.717) is 17.9 Å². The van der Waals surface area contributed by atoms with E-state index in [9.17, 15) is 9.59 Å². The van der Waals surface area contributed by atoms with Gasteiger partial charge in [-0.1, -0.05) is 92.8 Å². The van der Waals surface area contributed by atoms with Gasteiger partial charge in [0.1, 0.15) is 11.5 Å². The molecule has 0 bridgehead atoms. The molecule has 0 saturated heterocycles. The SMILES string of the molecule is C=CC(=O)Oc1c(Cc2cc(CC)cc(C(C)(C)C)c2OC(=O)C=C)cc(CC)cc1C(C)(C)C. The number of aryl methyl sites for hydroxylation is 2. The summed E-state index contributed by atoms with van der Waals surface area (Å²) >= 11 is 0. The number of hydrogen-bond acceptors (Lipinski definition) is 4. The average molecular weight is 477 g/mol. The molecular formula is C31H40O4. The summed E-state index contributed by atoms with van der Waals surface area (Å²) in [5.41, 5.74) is 5.44. The topological polar surface area (TPSA) is 52.6 Å². The Kier molecular flexibility index (Phi) is 8.89. The first-order valence-corrected chi connectivity index (χ1v) is 12.3. The van der Waals surface area contributed by atoms with Crippen molar-refractivity contribution in [2.45, 2.75) is 85.5 Å². The third-order valence-corrected chi connectivity index (χ3v) is 6.00. The van der Waals surface area contributed by atoms with Crippen LogP contribution in [0.15, 0.2) is 49.6 Å². The van der Waals surface area contributed by atoms with E-state index in [0.717, 1.165) is 46.2 Å². The summed E-state index contributed by atoms with van der Waals surface area (Å²) in [6, 6.07) is 8.37. The summed E-state index contributed by atoms with van der Waals surface area (Å²) < 4.78 is 11.7. The van der Waals surface area contributed by atoms with Crippen LogP contribution in [0.2, 0.25) is 0 Å². The average Bonchev–Trinajstić information content (AvgIpc) is 2.78. The number of rotatable bonds is 8. The first kappa shape index (κ1) is 28.1. The highest BCUT2D eigenvalue weighted by Crippen LogP contribution is 2.41. The van der Waals surface area contributed by atoms with Crippen LogP contribution in [0.3, 0.4) is 0 Å². The summed E-state index contributed by atoms with van der Waals surface area (Å²) in [5, 5.41) is 0. The Morgan fingerprint density at radius 2 is 1.06 bits per heavy atom. The molecule has 0 saturated carbocycles. The Hall–Kier alpha value is -3.14. The van der Waals surface area contributed by atoms with Crippen molar-refractivity contribution in [1.82, 2.24) is 0 Å². The van der Waals surface area contributed by atoms with Crippen LogP contribution in [0.25, 0.3) is 0 Å². The Bertz CT molecular complexity index is 1030. The van der Waals surface area contributed by atoms with E-state index < -0.39 is 11.9 Å². The van der Waals surface area contributed by atoms with Gasteiger partial charge in [-0.05, 0) is 34.8 Å². The van der Waals surface area contributed by atoms with Gasteiger partial charge >= 0.3 is 11.9 Å². The van der Waals surface area contributed by atoms with Crippen molar-refractivity contribution in [3.63, 3.8) is 0 Å². The highest BCUT2D eigenvalue weighted by Gasteiger charge is 2.27. The molecule has 4 heteroatoms. The molecule has 0 aliphatic carbocycles. The standard InChI is InChI=1S/C31H40O4/c1-11-20-15-22(28(34-26(32)13-3)24(17-20)30(5,6)7)19-23-16-21(12-2)18-25(31(8,9)10)29(23)35-27(33)14-4/h13-18H,3-4,11-12,19H2,1-2,5-10H3. The zero-order valence-electron chi connectivity index (χ0n) is 22.6. The van der Waals surface area contributed by atoms with Crippen LogP contribution in [0.5, 0.6) is 11.5 Å². The molecule has 35 heavy (non-hydrogen) atoms. The van der Waals surface area contributed by atoms with Crippen LogP contribution in [-0.4, -0.2) is 11.9 Å². The largest absolute Gasteiger partial charge is 0.423 e. The van der Waals surface area contributed by atoms with E-state index in [1.165, 1.54) is 12.2 Å². The summed E-state index contributed by atoms with van der Waals surface area (Å²) in [5.74, 6) is 0.0774. The quantitative estimate of drug-likeness (QED) is 0.230. The molecule has 2 aromatic rings. The van der Waals surface area contributed by atoms with Gasteiger partial charge < -0.3 is 9.47 Å². The maximum atomic E-state index is 12.3. The van der Waals surface area contributed by atoms with Gasteiger partial charge in [0.05, 0.1) is 0 Å². The molecule has 2 aromatic carbocycles. The predicted molar refractivity (Wildman–Crippen MR) is 144 cm³/mol. The number of ether oxygens (including phenoxy) is 2. The monoisotopic (exact) mass is 476 g/mol. The van der Waals surface area contributed by atoms with Gasteiger partial charge in [0, 0.05) is 40.8 Å². The molecule has 0 fully saturated rings. The van der Waals surface area contributed by atoms with Crippen molar-refractivity contribution in [2.75, 3.05) is 0 Å². The van der Waals surface area contributed by atoms with Crippen molar-refractivity contribution < 1.29 is 19.1 Å². The molecule has 4 nitrogen and oxygen atoms in total. The van der Waals surface area contributed by atoms with Crippen molar-refractivity contribution in [1.29, 1.82) is 0 Å². The molecule has 0 aromatic heterocycles. The third kappa shape index (κ3) is 6.94. The van der Waals surface area contributed by atoms with E-state index >= 15 is 0 Å². The Morgan fingerprint density at radius 1 is 0.714 bits per heavy atom. The fraction of sp³-hybridized carbons (Fsp3) is 0.419. The highest BCUT2D eigenvalue weighted by atomic mass is 16.5. The minimum atomic E-state index is -0.503. The van der Waals surface area contributed by atoms with E-state index in [1.54, 1.807) is 0 Å². The Labute approximate surface area is 211 Å². The van der Waals surface area contributed by atoms with Gasteiger partial charge in [-0.25, -0.2) is 9.59 Å². The molecule has 0 aliphatic rings. The molecule has 188 valence electrons. The number of carbonyl (C=O) groups excluding carboxylic acids is 2. The minimum Gasteiger partial charge on any atom is -0.423 e. The fourth-order valence-corrected chi connectivity index (χ4v) is 4.03. The molecule has 0 aliphatic heterocycles. The van der Waals surface area contributed by atoms with E-state index in [-0.39, 0.29) is 10.8 Å². The lowest BCUT2D eigenvalue weighted by molar-refractivity contribution is -0.129.